The Morgan fingerprint density at radius 1 is 1.10 bits per heavy atom. The van der Waals surface area contributed by atoms with Crippen LogP contribution in [0.2, 0.25) is 0 Å². The molecule has 0 fully saturated rings. The minimum Gasteiger partial charge on any atom is -0.435 e. The van der Waals surface area contributed by atoms with E-state index in [-0.39, 0.29) is 11.6 Å². The van der Waals surface area contributed by atoms with E-state index in [2.05, 4.69) is 20.0 Å². The summed E-state index contributed by atoms with van der Waals surface area (Å²) in [7, 11) is 1.66. The molecule has 2 rings (SSSR count). The second kappa shape index (κ2) is 5.86. The Hall–Kier alpha value is -2.51. The highest BCUT2D eigenvalue weighted by Crippen LogP contribution is 2.34. The number of ether oxygens (including phenoxy) is 2. The molecule has 8 heteroatoms. The maximum absolute atomic E-state index is 12.3. The summed E-state index contributed by atoms with van der Waals surface area (Å²) in [6.45, 7) is 1.64. The van der Waals surface area contributed by atoms with Crippen molar-refractivity contribution in [3.63, 3.8) is 0 Å². The summed E-state index contributed by atoms with van der Waals surface area (Å²) < 4.78 is 46.3. The highest BCUT2D eigenvalue weighted by molar-refractivity contribution is 5.44. The van der Waals surface area contributed by atoms with Crippen LogP contribution in [-0.2, 0) is 0 Å². The Morgan fingerprint density at radius 2 is 1.76 bits per heavy atom. The van der Waals surface area contributed by atoms with E-state index in [0.717, 1.165) is 6.07 Å². The smallest absolute Gasteiger partial charge is 0.435 e. The molecule has 1 heterocycles. The molecule has 0 spiro atoms. The van der Waals surface area contributed by atoms with Gasteiger partial charge in [-0.05, 0) is 19.1 Å². The lowest BCUT2D eigenvalue weighted by Gasteiger charge is -2.13. The van der Waals surface area contributed by atoms with Crippen molar-refractivity contribution in [3.05, 3.63) is 36.2 Å². The van der Waals surface area contributed by atoms with Crippen molar-refractivity contribution in [2.24, 2.45) is 0 Å². The first-order valence-corrected chi connectivity index (χ1v) is 5.93. The number of para-hydroxylation sites is 2. The molecule has 1 aromatic heterocycles. The highest BCUT2D eigenvalue weighted by Gasteiger charge is 2.32. The molecule has 0 atom stereocenters. The molecule has 112 valence electrons. The molecule has 0 saturated carbocycles. The van der Waals surface area contributed by atoms with Gasteiger partial charge in [0.2, 0.25) is 5.88 Å². The lowest BCUT2D eigenvalue weighted by Crippen LogP contribution is -2.17. The molecule has 1 N–H and O–H groups in total. The van der Waals surface area contributed by atoms with Crippen molar-refractivity contribution in [1.82, 2.24) is 9.97 Å². The zero-order valence-corrected chi connectivity index (χ0v) is 11.2. The lowest BCUT2D eigenvalue weighted by molar-refractivity contribution is -0.275. The third-order valence-electron chi connectivity index (χ3n) is 2.36. The number of aryl methyl sites for hydroxylation is 1. The van der Waals surface area contributed by atoms with E-state index < -0.39 is 12.1 Å². The number of hydrogen-bond acceptors (Lipinski definition) is 5. The fourth-order valence-corrected chi connectivity index (χ4v) is 1.58. The second-order valence-corrected chi connectivity index (χ2v) is 3.99. The van der Waals surface area contributed by atoms with E-state index in [0.29, 0.717) is 11.6 Å². The third kappa shape index (κ3) is 4.23. The quantitative estimate of drug-likeness (QED) is 0.936. The van der Waals surface area contributed by atoms with Gasteiger partial charge in [0.15, 0.2) is 11.5 Å². The SMILES string of the molecule is CNc1cc(Oc2ccccc2OC(F)(F)F)nc(C)n1. The first-order valence-electron chi connectivity index (χ1n) is 5.93. The molecular weight excluding hydrogens is 287 g/mol. The number of alkyl halides is 3. The number of aromatic nitrogens is 2. The summed E-state index contributed by atoms with van der Waals surface area (Å²) in [6.07, 6.45) is -4.79. The van der Waals surface area contributed by atoms with Crippen molar-refractivity contribution >= 4 is 5.82 Å². The highest BCUT2D eigenvalue weighted by atomic mass is 19.4. The summed E-state index contributed by atoms with van der Waals surface area (Å²) in [4.78, 5) is 8.07. The van der Waals surface area contributed by atoms with Crippen LogP contribution in [0.5, 0.6) is 17.4 Å². The molecule has 1 aromatic carbocycles. The summed E-state index contributed by atoms with van der Waals surface area (Å²) in [5.74, 6) is 0.505. The largest absolute Gasteiger partial charge is 0.573 e. The predicted molar refractivity (Wildman–Crippen MR) is 69.5 cm³/mol. The van der Waals surface area contributed by atoms with Crippen LogP contribution in [0.25, 0.3) is 0 Å². The lowest BCUT2D eigenvalue weighted by atomic mass is 10.3. The Bertz CT molecular complexity index is 632. The van der Waals surface area contributed by atoms with Gasteiger partial charge in [0.05, 0.1) is 0 Å². The molecular formula is C13H12F3N3O2. The van der Waals surface area contributed by atoms with Crippen molar-refractivity contribution in [2.75, 3.05) is 12.4 Å². The van der Waals surface area contributed by atoms with E-state index in [9.17, 15) is 13.2 Å². The summed E-state index contributed by atoms with van der Waals surface area (Å²) in [5, 5.41) is 2.80. The Labute approximate surface area is 118 Å². The second-order valence-electron chi connectivity index (χ2n) is 3.99. The van der Waals surface area contributed by atoms with Gasteiger partial charge in [0.25, 0.3) is 0 Å². The topological polar surface area (TPSA) is 56.3 Å². The van der Waals surface area contributed by atoms with E-state index in [1.165, 1.54) is 24.3 Å². The van der Waals surface area contributed by atoms with Crippen LogP contribution >= 0.6 is 0 Å². The van der Waals surface area contributed by atoms with Crippen LogP contribution in [0.4, 0.5) is 19.0 Å². The molecule has 5 nitrogen and oxygen atoms in total. The van der Waals surface area contributed by atoms with Crippen LogP contribution in [0.1, 0.15) is 5.82 Å². The van der Waals surface area contributed by atoms with Crippen LogP contribution in [-0.4, -0.2) is 23.4 Å². The van der Waals surface area contributed by atoms with Crippen LogP contribution in [0, 0.1) is 6.92 Å². The van der Waals surface area contributed by atoms with Crippen molar-refractivity contribution in [3.8, 4) is 17.4 Å². The average molecular weight is 299 g/mol. The number of nitrogens with one attached hydrogen (secondary N) is 1. The van der Waals surface area contributed by atoms with Crippen molar-refractivity contribution in [1.29, 1.82) is 0 Å². The van der Waals surface area contributed by atoms with Gasteiger partial charge in [-0.25, -0.2) is 4.98 Å². The predicted octanol–water partition coefficient (Wildman–Crippen LogP) is 3.52. The van der Waals surface area contributed by atoms with Crippen LogP contribution in [0.3, 0.4) is 0 Å². The van der Waals surface area contributed by atoms with Crippen LogP contribution < -0.4 is 14.8 Å². The molecule has 0 aliphatic carbocycles. The molecule has 2 aromatic rings. The minimum absolute atomic E-state index is 0.0880. The fraction of sp³-hybridized carbons (Fsp3) is 0.231. The average Bonchev–Trinajstić information content (AvgIpc) is 2.38. The van der Waals surface area contributed by atoms with E-state index in [4.69, 9.17) is 4.74 Å². The van der Waals surface area contributed by atoms with Gasteiger partial charge < -0.3 is 14.8 Å². The summed E-state index contributed by atoms with van der Waals surface area (Å²) in [6, 6.07) is 6.94. The summed E-state index contributed by atoms with van der Waals surface area (Å²) >= 11 is 0. The Morgan fingerprint density at radius 3 is 2.38 bits per heavy atom. The normalized spacial score (nSPS) is 11.1. The molecule has 0 radical (unpaired) electrons. The molecule has 0 saturated heterocycles. The number of hydrogen-bond donors (Lipinski definition) is 1. The Balaban J connectivity index is 2.29. The van der Waals surface area contributed by atoms with Gasteiger partial charge >= 0.3 is 6.36 Å². The van der Waals surface area contributed by atoms with Gasteiger partial charge in [0.1, 0.15) is 11.6 Å². The van der Waals surface area contributed by atoms with Gasteiger partial charge in [-0.15, -0.1) is 13.2 Å². The number of benzene rings is 1. The van der Waals surface area contributed by atoms with Gasteiger partial charge in [-0.3, -0.25) is 0 Å². The molecule has 0 bridgehead atoms. The maximum Gasteiger partial charge on any atom is 0.573 e. The molecule has 0 unspecified atom stereocenters. The third-order valence-corrected chi connectivity index (χ3v) is 2.36. The first kappa shape index (κ1) is 14.9. The van der Waals surface area contributed by atoms with E-state index in [1.807, 2.05) is 0 Å². The minimum atomic E-state index is -4.79. The molecule has 0 aliphatic rings. The molecule has 21 heavy (non-hydrogen) atoms. The molecule has 0 amide bonds. The van der Waals surface area contributed by atoms with E-state index >= 15 is 0 Å². The molecule has 0 aliphatic heterocycles. The number of anilines is 1. The first-order chi connectivity index (χ1) is 9.87. The van der Waals surface area contributed by atoms with Gasteiger partial charge in [-0.1, -0.05) is 12.1 Å². The summed E-state index contributed by atoms with van der Waals surface area (Å²) in [5.41, 5.74) is 0. The number of halogens is 3. The Kier molecular flexibility index (Phi) is 4.15. The number of rotatable bonds is 4. The van der Waals surface area contributed by atoms with Gasteiger partial charge in [0, 0.05) is 13.1 Å². The van der Waals surface area contributed by atoms with Crippen molar-refractivity contribution in [2.45, 2.75) is 13.3 Å². The standard InChI is InChI=1S/C13H12F3N3O2/c1-8-18-11(17-2)7-12(19-8)20-9-5-3-4-6-10(9)21-13(14,15)16/h3-7H,1-2H3,(H,17,18,19). The van der Waals surface area contributed by atoms with Crippen LogP contribution in [0.15, 0.2) is 30.3 Å². The monoisotopic (exact) mass is 299 g/mol. The van der Waals surface area contributed by atoms with Gasteiger partial charge in [-0.2, -0.15) is 4.98 Å². The van der Waals surface area contributed by atoms with E-state index in [1.54, 1.807) is 14.0 Å². The van der Waals surface area contributed by atoms with Crippen molar-refractivity contribution < 1.29 is 22.6 Å². The fourth-order valence-electron chi connectivity index (χ4n) is 1.58. The zero-order chi connectivity index (χ0) is 15.5. The number of nitrogens with zero attached hydrogens (tertiary/aromatic N) is 2. The zero-order valence-electron chi connectivity index (χ0n) is 11.2. The maximum atomic E-state index is 12.3.